The van der Waals surface area contributed by atoms with Crippen molar-refractivity contribution in [1.82, 2.24) is 4.90 Å². The lowest BCUT2D eigenvalue weighted by Gasteiger charge is -2.41. The molecule has 0 aromatic carbocycles. The van der Waals surface area contributed by atoms with Crippen LogP contribution in [-0.2, 0) is 4.74 Å². The van der Waals surface area contributed by atoms with Crippen LogP contribution in [0, 0.1) is 5.92 Å². The lowest BCUT2D eigenvalue weighted by Crippen LogP contribution is -2.44. The molecular formula is C11H21NO. The van der Waals surface area contributed by atoms with Crippen molar-refractivity contribution in [2.45, 2.75) is 44.2 Å². The molecule has 2 nitrogen and oxygen atoms in total. The van der Waals surface area contributed by atoms with Gasteiger partial charge in [0.25, 0.3) is 0 Å². The van der Waals surface area contributed by atoms with Crippen molar-refractivity contribution in [3.05, 3.63) is 0 Å². The largest absolute Gasteiger partial charge is 0.381 e. The Morgan fingerprint density at radius 2 is 1.92 bits per heavy atom. The Morgan fingerprint density at radius 3 is 2.62 bits per heavy atom. The second kappa shape index (κ2) is 3.97. The van der Waals surface area contributed by atoms with Crippen LogP contribution in [0.3, 0.4) is 0 Å². The van der Waals surface area contributed by atoms with E-state index < -0.39 is 0 Å². The molecule has 1 saturated carbocycles. The van der Waals surface area contributed by atoms with Gasteiger partial charge in [-0.15, -0.1) is 0 Å². The van der Waals surface area contributed by atoms with Crippen LogP contribution in [0.4, 0.5) is 0 Å². The van der Waals surface area contributed by atoms with Gasteiger partial charge in [-0.2, -0.15) is 0 Å². The van der Waals surface area contributed by atoms with E-state index in [1.807, 2.05) is 7.11 Å². The number of fused-ring (bicyclic) bond motifs is 5. The third-order valence-electron chi connectivity index (χ3n) is 3.84. The molecule has 1 aliphatic carbocycles. The Morgan fingerprint density at radius 1 is 1.15 bits per heavy atom. The molecule has 0 aromatic heterocycles. The molecule has 3 aliphatic rings. The Labute approximate surface area is 81.3 Å². The first kappa shape index (κ1) is 9.47. The number of hydrogen-bond donors (Lipinski definition) is 0. The van der Waals surface area contributed by atoms with Crippen molar-refractivity contribution in [3.8, 4) is 0 Å². The second-order valence-electron chi connectivity index (χ2n) is 4.71. The third kappa shape index (κ3) is 2.05. The van der Waals surface area contributed by atoms with E-state index in [-0.39, 0.29) is 0 Å². The molecule has 3 atom stereocenters. The van der Waals surface area contributed by atoms with E-state index in [1.54, 1.807) is 0 Å². The van der Waals surface area contributed by atoms with Gasteiger partial charge in [0.05, 0.1) is 6.10 Å². The summed E-state index contributed by atoms with van der Waals surface area (Å²) in [6.07, 6.45) is 7.27. The van der Waals surface area contributed by atoms with Gasteiger partial charge in [0.2, 0.25) is 0 Å². The van der Waals surface area contributed by atoms with Crippen molar-refractivity contribution in [2.75, 3.05) is 20.7 Å². The summed E-state index contributed by atoms with van der Waals surface area (Å²) >= 11 is 0. The molecule has 13 heavy (non-hydrogen) atoms. The number of methoxy groups -OCH3 is 1. The molecule has 76 valence electrons. The van der Waals surface area contributed by atoms with Crippen LogP contribution in [0.25, 0.3) is 0 Å². The summed E-state index contributed by atoms with van der Waals surface area (Å²) in [4.78, 5) is 2.54. The standard InChI is InChI=1S/C11H21NO/c1-12-8-9-3-5-10(12)7-11(13-2)6-4-9/h9-11H,3-8H2,1-2H3. The molecule has 0 aromatic rings. The monoisotopic (exact) mass is 183 g/mol. The highest BCUT2D eigenvalue weighted by Crippen LogP contribution is 2.31. The van der Waals surface area contributed by atoms with Gasteiger partial charge in [-0.1, -0.05) is 0 Å². The normalized spacial score (nSPS) is 41.5. The van der Waals surface area contributed by atoms with Gasteiger partial charge in [0.15, 0.2) is 0 Å². The van der Waals surface area contributed by atoms with E-state index in [0.717, 1.165) is 12.0 Å². The Hall–Kier alpha value is -0.0800. The van der Waals surface area contributed by atoms with Crippen LogP contribution in [0.5, 0.6) is 0 Å². The molecule has 0 N–H and O–H groups in total. The fourth-order valence-electron chi connectivity index (χ4n) is 2.89. The van der Waals surface area contributed by atoms with E-state index in [0.29, 0.717) is 6.10 Å². The van der Waals surface area contributed by atoms with Crippen molar-refractivity contribution >= 4 is 0 Å². The fraction of sp³-hybridized carbons (Fsp3) is 1.00. The van der Waals surface area contributed by atoms with Crippen molar-refractivity contribution < 1.29 is 4.74 Å². The highest BCUT2D eigenvalue weighted by Gasteiger charge is 2.30. The van der Waals surface area contributed by atoms with E-state index >= 15 is 0 Å². The zero-order valence-corrected chi connectivity index (χ0v) is 8.83. The SMILES string of the molecule is COC1CCC2CCC(C1)N(C)C2. The summed E-state index contributed by atoms with van der Waals surface area (Å²) in [6.45, 7) is 1.32. The lowest BCUT2D eigenvalue weighted by atomic mass is 9.82. The van der Waals surface area contributed by atoms with Gasteiger partial charge in [-0.3, -0.25) is 0 Å². The van der Waals surface area contributed by atoms with Crippen LogP contribution in [0.2, 0.25) is 0 Å². The van der Waals surface area contributed by atoms with Gasteiger partial charge in [0, 0.05) is 19.7 Å². The highest BCUT2D eigenvalue weighted by atomic mass is 16.5. The highest BCUT2D eigenvalue weighted by molar-refractivity contribution is 4.85. The maximum Gasteiger partial charge on any atom is 0.0586 e. The molecule has 2 heteroatoms. The molecule has 0 radical (unpaired) electrons. The number of nitrogens with zero attached hydrogens (tertiary/aromatic N) is 1. The average molecular weight is 183 g/mol. The van der Waals surface area contributed by atoms with Crippen LogP contribution in [0.15, 0.2) is 0 Å². The van der Waals surface area contributed by atoms with Crippen molar-refractivity contribution in [1.29, 1.82) is 0 Å². The molecule has 0 spiro atoms. The maximum absolute atomic E-state index is 5.50. The smallest absolute Gasteiger partial charge is 0.0586 e. The molecule has 2 aliphatic heterocycles. The lowest BCUT2D eigenvalue weighted by molar-refractivity contribution is 0.0125. The van der Waals surface area contributed by atoms with E-state index in [2.05, 4.69) is 11.9 Å². The number of hydrogen-bond acceptors (Lipinski definition) is 2. The first-order valence-electron chi connectivity index (χ1n) is 5.52. The summed E-state index contributed by atoms with van der Waals surface area (Å²) in [5.41, 5.74) is 0. The summed E-state index contributed by atoms with van der Waals surface area (Å²) in [5.74, 6) is 0.944. The Balaban J connectivity index is 2.01. The van der Waals surface area contributed by atoms with Gasteiger partial charge in [0.1, 0.15) is 0 Å². The average Bonchev–Trinajstić information content (AvgIpc) is 2.09. The minimum atomic E-state index is 0.524. The van der Waals surface area contributed by atoms with Crippen LogP contribution >= 0.6 is 0 Å². The summed E-state index contributed by atoms with van der Waals surface area (Å²) in [7, 11) is 4.13. The van der Waals surface area contributed by atoms with E-state index in [9.17, 15) is 0 Å². The summed E-state index contributed by atoms with van der Waals surface area (Å²) in [5, 5.41) is 0. The van der Waals surface area contributed by atoms with Crippen molar-refractivity contribution in [3.63, 3.8) is 0 Å². The van der Waals surface area contributed by atoms with Crippen LogP contribution < -0.4 is 0 Å². The quantitative estimate of drug-likeness (QED) is 0.615. The minimum Gasteiger partial charge on any atom is -0.381 e. The molecule has 3 unspecified atom stereocenters. The Bertz CT molecular complexity index is 171. The Kier molecular flexibility index (Phi) is 2.89. The van der Waals surface area contributed by atoms with Gasteiger partial charge < -0.3 is 9.64 Å². The molecule has 2 heterocycles. The molecule has 3 rings (SSSR count). The third-order valence-corrected chi connectivity index (χ3v) is 3.84. The molecule has 3 fully saturated rings. The fourth-order valence-corrected chi connectivity index (χ4v) is 2.89. The number of rotatable bonds is 1. The predicted molar refractivity (Wildman–Crippen MR) is 53.8 cm³/mol. The van der Waals surface area contributed by atoms with E-state index in [1.165, 1.54) is 38.6 Å². The number of piperidine rings is 1. The topological polar surface area (TPSA) is 12.5 Å². The zero-order valence-electron chi connectivity index (χ0n) is 8.83. The maximum atomic E-state index is 5.50. The first-order valence-corrected chi connectivity index (χ1v) is 5.52. The summed E-state index contributed by atoms with van der Waals surface area (Å²) < 4.78 is 5.50. The summed E-state index contributed by atoms with van der Waals surface area (Å²) in [6, 6.07) is 0.793. The zero-order chi connectivity index (χ0) is 9.26. The minimum absolute atomic E-state index is 0.524. The molecule has 0 amide bonds. The van der Waals surface area contributed by atoms with Gasteiger partial charge in [-0.25, -0.2) is 0 Å². The van der Waals surface area contributed by atoms with Crippen LogP contribution in [0.1, 0.15) is 32.1 Å². The van der Waals surface area contributed by atoms with Gasteiger partial charge in [-0.05, 0) is 45.1 Å². The predicted octanol–water partition coefficient (Wildman–Crippen LogP) is 1.90. The van der Waals surface area contributed by atoms with E-state index in [4.69, 9.17) is 4.74 Å². The number of ether oxygens (including phenoxy) is 1. The molecule has 2 saturated heterocycles. The first-order chi connectivity index (χ1) is 6.29. The van der Waals surface area contributed by atoms with Crippen molar-refractivity contribution in [2.24, 2.45) is 5.92 Å². The molecule has 2 bridgehead atoms. The second-order valence-corrected chi connectivity index (χ2v) is 4.71. The van der Waals surface area contributed by atoms with Crippen LogP contribution in [-0.4, -0.2) is 37.7 Å². The van der Waals surface area contributed by atoms with Gasteiger partial charge >= 0.3 is 0 Å². The molecular weight excluding hydrogens is 162 g/mol.